The molecule has 0 radical (unpaired) electrons. The van der Waals surface area contributed by atoms with E-state index < -0.39 is 30.0 Å². The average Bonchev–Trinajstić information content (AvgIpc) is 2.64. The Morgan fingerprint density at radius 3 is 2.46 bits per heavy atom. The molecule has 8 nitrogen and oxygen atoms in total. The van der Waals surface area contributed by atoms with Crippen LogP contribution in [0.5, 0.6) is 5.75 Å². The molecule has 1 N–H and O–H groups in total. The summed E-state index contributed by atoms with van der Waals surface area (Å²) in [4.78, 5) is 33.4. The smallest absolute Gasteiger partial charge is 0.344 e. The minimum absolute atomic E-state index is 0.0739. The van der Waals surface area contributed by atoms with Crippen molar-refractivity contribution in [1.29, 1.82) is 0 Å². The summed E-state index contributed by atoms with van der Waals surface area (Å²) in [5.74, 6) is -1.85. The largest absolute Gasteiger partial charge is 0.475 e. The van der Waals surface area contributed by atoms with Gasteiger partial charge in [-0.1, -0.05) is 24.3 Å². The number of carbonyl (C=O) groups excluding carboxylic acids is 2. The van der Waals surface area contributed by atoms with E-state index in [9.17, 15) is 24.1 Å². The minimum Gasteiger partial charge on any atom is -0.475 e. The van der Waals surface area contributed by atoms with Crippen molar-refractivity contribution in [3.05, 3.63) is 70.0 Å². The van der Waals surface area contributed by atoms with Crippen LogP contribution in [0.1, 0.15) is 5.56 Å². The maximum atomic E-state index is 12.8. The molecule has 136 valence electrons. The number of halogens is 1. The van der Waals surface area contributed by atoms with Crippen LogP contribution in [-0.4, -0.2) is 30.0 Å². The Balaban J connectivity index is 1.72. The zero-order chi connectivity index (χ0) is 18.9. The molecule has 0 aliphatic rings. The summed E-state index contributed by atoms with van der Waals surface area (Å²) in [5.41, 5.74) is 0.406. The number of nitrogens with zero attached hydrogens (tertiary/aromatic N) is 1. The second kappa shape index (κ2) is 9.11. The van der Waals surface area contributed by atoms with Crippen molar-refractivity contribution < 1.29 is 28.4 Å². The third kappa shape index (κ3) is 5.86. The van der Waals surface area contributed by atoms with Crippen LogP contribution in [0.4, 0.5) is 10.1 Å². The normalized spacial score (nSPS) is 10.0. The van der Waals surface area contributed by atoms with Crippen LogP contribution in [0.25, 0.3) is 0 Å². The molecule has 0 aromatic heterocycles. The van der Waals surface area contributed by atoms with Gasteiger partial charge in [-0.05, 0) is 23.8 Å². The van der Waals surface area contributed by atoms with Crippen LogP contribution in [0.2, 0.25) is 0 Å². The van der Waals surface area contributed by atoms with Crippen molar-refractivity contribution in [2.75, 3.05) is 13.2 Å². The third-order valence-electron chi connectivity index (χ3n) is 3.17. The van der Waals surface area contributed by atoms with Gasteiger partial charge in [0.2, 0.25) is 0 Å². The zero-order valence-corrected chi connectivity index (χ0v) is 13.5. The van der Waals surface area contributed by atoms with Gasteiger partial charge in [-0.2, -0.15) is 0 Å². The monoisotopic (exact) mass is 362 g/mol. The Kier molecular flexibility index (Phi) is 6.60. The second-order valence-electron chi connectivity index (χ2n) is 5.08. The van der Waals surface area contributed by atoms with Crippen molar-refractivity contribution in [2.24, 2.45) is 0 Å². The summed E-state index contributed by atoms with van der Waals surface area (Å²) >= 11 is 0. The number of carbonyl (C=O) groups is 2. The molecule has 0 saturated heterocycles. The number of hydrogen-bond acceptors (Lipinski definition) is 6. The van der Waals surface area contributed by atoms with Gasteiger partial charge < -0.3 is 14.8 Å². The molecule has 0 spiro atoms. The number of amides is 1. The Morgan fingerprint density at radius 1 is 1.08 bits per heavy atom. The maximum Gasteiger partial charge on any atom is 0.344 e. The maximum absolute atomic E-state index is 12.8. The van der Waals surface area contributed by atoms with Crippen molar-refractivity contribution in [3.63, 3.8) is 0 Å². The topological polar surface area (TPSA) is 108 Å². The van der Waals surface area contributed by atoms with Gasteiger partial charge in [0.1, 0.15) is 5.82 Å². The summed E-state index contributed by atoms with van der Waals surface area (Å²) in [6, 6.07) is 11.1. The van der Waals surface area contributed by atoms with Crippen molar-refractivity contribution in [2.45, 2.75) is 6.54 Å². The van der Waals surface area contributed by atoms with E-state index in [1.165, 1.54) is 48.5 Å². The number of nitro benzene ring substituents is 1. The molecule has 0 aliphatic heterocycles. The van der Waals surface area contributed by atoms with E-state index in [0.717, 1.165) is 0 Å². The Labute approximate surface area is 147 Å². The Morgan fingerprint density at radius 2 is 1.77 bits per heavy atom. The van der Waals surface area contributed by atoms with Crippen LogP contribution in [0, 0.1) is 15.9 Å². The van der Waals surface area contributed by atoms with Gasteiger partial charge in [-0.15, -0.1) is 0 Å². The lowest BCUT2D eigenvalue weighted by atomic mass is 10.2. The Bertz CT molecular complexity index is 794. The van der Waals surface area contributed by atoms with Gasteiger partial charge in [0.25, 0.3) is 5.91 Å². The summed E-state index contributed by atoms with van der Waals surface area (Å²) in [6.45, 7) is -0.945. The first-order valence-electron chi connectivity index (χ1n) is 7.48. The fraction of sp³-hybridized carbons (Fsp3) is 0.176. The number of nitro groups is 1. The lowest BCUT2D eigenvalue weighted by molar-refractivity contribution is -0.385. The molecule has 0 bridgehead atoms. The van der Waals surface area contributed by atoms with Gasteiger partial charge in [-0.3, -0.25) is 14.9 Å². The number of hydrogen-bond donors (Lipinski definition) is 1. The zero-order valence-electron chi connectivity index (χ0n) is 13.5. The molecule has 26 heavy (non-hydrogen) atoms. The highest BCUT2D eigenvalue weighted by molar-refractivity contribution is 5.80. The molecule has 0 unspecified atom stereocenters. The summed E-state index contributed by atoms with van der Waals surface area (Å²) in [6.07, 6.45) is 0. The first-order valence-corrected chi connectivity index (χ1v) is 7.48. The number of nitrogens with one attached hydrogen (secondary N) is 1. The molecule has 0 fully saturated rings. The minimum atomic E-state index is -0.847. The van der Waals surface area contributed by atoms with E-state index in [-0.39, 0.29) is 23.8 Å². The third-order valence-corrected chi connectivity index (χ3v) is 3.17. The molecule has 0 heterocycles. The molecule has 0 atom stereocenters. The molecule has 0 saturated carbocycles. The molecule has 2 rings (SSSR count). The van der Waals surface area contributed by atoms with Gasteiger partial charge in [-0.25, -0.2) is 9.18 Å². The van der Waals surface area contributed by atoms with Crippen LogP contribution >= 0.6 is 0 Å². The molecular weight excluding hydrogens is 347 g/mol. The van der Waals surface area contributed by atoms with E-state index in [0.29, 0.717) is 5.56 Å². The summed E-state index contributed by atoms with van der Waals surface area (Å²) in [5, 5.41) is 13.3. The van der Waals surface area contributed by atoms with Gasteiger partial charge in [0, 0.05) is 12.6 Å². The number of rotatable bonds is 8. The first kappa shape index (κ1) is 18.8. The number of benzene rings is 2. The molecule has 2 aromatic carbocycles. The SMILES string of the molecule is O=C(COC(=O)COc1ccccc1[N+](=O)[O-])NCc1ccc(F)cc1. The quantitative estimate of drug-likeness (QED) is 0.437. The van der Waals surface area contributed by atoms with Gasteiger partial charge >= 0.3 is 11.7 Å². The van der Waals surface area contributed by atoms with Gasteiger partial charge in [0.15, 0.2) is 19.0 Å². The fourth-order valence-electron chi connectivity index (χ4n) is 1.91. The van der Waals surface area contributed by atoms with Crippen molar-refractivity contribution in [1.82, 2.24) is 5.32 Å². The predicted molar refractivity (Wildman–Crippen MR) is 87.8 cm³/mol. The van der Waals surface area contributed by atoms with E-state index in [2.05, 4.69) is 5.32 Å². The standard InChI is InChI=1S/C17H15FN2O6/c18-13-7-5-12(6-8-13)9-19-16(21)10-26-17(22)11-25-15-4-2-1-3-14(15)20(23)24/h1-8H,9-11H2,(H,19,21). The first-order chi connectivity index (χ1) is 12.5. The van der Waals surface area contributed by atoms with E-state index >= 15 is 0 Å². The lowest BCUT2D eigenvalue weighted by Crippen LogP contribution is -2.29. The average molecular weight is 362 g/mol. The molecule has 0 aliphatic carbocycles. The number of ether oxygens (including phenoxy) is 2. The molecule has 2 aromatic rings. The highest BCUT2D eigenvalue weighted by Crippen LogP contribution is 2.25. The number of esters is 1. The van der Waals surface area contributed by atoms with Crippen LogP contribution in [0.3, 0.4) is 0 Å². The Hall–Kier alpha value is -3.49. The van der Waals surface area contributed by atoms with Crippen LogP contribution in [0.15, 0.2) is 48.5 Å². The molecular formula is C17H15FN2O6. The fourth-order valence-corrected chi connectivity index (χ4v) is 1.91. The van der Waals surface area contributed by atoms with E-state index in [1.54, 1.807) is 0 Å². The second-order valence-corrected chi connectivity index (χ2v) is 5.08. The molecule has 1 amide bonds. The van der Waals surface area contributed by atoms with Crippen molar-refractivity contribution in [3.8, 4) is 5.75 Å². The highest BCUT2D eigenvalue weighted by atomic mass is 19.1. The van der Waals surface area contributed by atoms with Crippen LogP contribution in [-0.2, 0) is 20.9 Å². The van der Waals surface area contributed by atoms with Crippen LogP contribution < -0.4 is 10.1 Å². The van der Waals surface area contributed by atoms with Crippen molar-refractivity contribution >= 4 is 17.6 Å². The summed E-state index contributed by atoms with van der Waals surface area (Å²) < 4.78 is 22.5. The van der Waals surface area contributed by atoms with E-state index in [1.807, 2.05) is 0 Å². The highest BCUT2D eigenvalue weighted by Gasteiger charge is 2.15. The lowest BCUT2D eigenvalue weighted by Gasteiger charge is -2.08. The van der Waals surface area contributed by atoms with Gasteiger partial charge in [0.05, 0.1) is 4.92 Å². The number of para-hydroxylation sites is 2. The van der Waals surface area contributed by atoms with E-state index in [4.69, 9.17) is 9.47 Å². The predicted octanol–water partition coefficient (Wildman–Crippen LogP) is 1.97. The molecule has 9 heteroatoms. The summed E-state index contributed by atoms with van der Waals surface area (Å²) in [7, 11) is 0.